The molecular formula is C10H13ClNO2. The van der Waals surface area contributed by atoms with Crippen molar-refractivity contribution in [3.8, 4) is 0 Å². The standard InChI is InChI=1S/C10H13NO2.Cl/c11-7-9(6-10(12)13)8-4-2-1-3-5-8;/h1-5,9H,6-7,11H2,(H,12,13);/t9-;/m1./s1. The van der Waals surface area contributed by atoms with Gasteiger partial charge < -0.3 is 10.8 Å². The fourth-order valence-electron chi connectivity index (χ4n) is 1.27. The first kappa shape index (κ1) is 12.9. The Bertz CT molecular complexity index is 277. The number of nitrogens with two attached hydrogens (primary N) is 1. The molecule has 1 rings (SSSR count). The Labute approximate surface area is 89.3 Å². The molecular weight excluding hydrogens is 202 g/mol. The average molecular weight is 215 g/mol. The molecule has 1 radical (unpaired) electrons. The fraction of sp³-hybridized carbons (Fsp3) is 0.300. The van der Waals surface area contributed by atoms with Crippen LogP contribution >= 0.6 is 12.4 Å². The third-order valence-corrected chi connectivity index (χ3v) is 1.98. The summed E-state index contributed by atoms with van der Waals surface area (Å²) in [7, 11) is 0. The summed E-state index contributed by atoms with van der Waals surface area (Å²) in [5.74, 6) is -0.877. The van der Waals surface area contributed by atoms with Crippen LogP contribution in [0.5, 0.6) is 0 Å². The van der Waals surface area contributed by atoms with Crippen molar-refractivity contribution in [1.82, 2.24) is 0 Å². The number of halogens is 1. The zero-order valence-electron chi connectivity index (χ0n) is 7.69. The maximum absolute atomic E-state index is 10.5. The highest BCUT2D eigenvalue weighted by Crippen LogP contribution is 2.17. The van der Waals surface area contributed by atoms with E-state index >= 15 is 0 Å². The second-order valence-corrected chi connectivity index (χ2v) is 2.94. The Balaban J connectivity index is 0.00000169. The molecule has 0 amide bonds. The van der Waals surface area contributed by atoms with Crippen molar-refractivity contribution in [2.45, 2.75) is 12.3 Å². The highest BCUT2D eigenvalue weighted by molar-refractivity contribution is 5.85. The predicted molar refractivity (Wildman–Crippen MR) is 56.3 cm³/mol. The molecule has 0 unspecified atom stereocenters. The summed E-state index contributed by atoms with van der Waals surface area (Å²) in [6, 6.07) is 9.48. The molecule has 1 aromatic carbocycles. The third kappa shape index (κ3) is 3.77. The lowest BCUT2D eigenvalue weighted by atomic mass is 9.96. The molecule has 0 aliphatic heterocycles. The second kappa shape index (κ2) is 6.40. The van der Waals surface area contributed by atoms with Crippen molar-refractivity contribution in [2.24, 2.45) is 5.73 Å². The molecule has 0 saturated heterocycles. The van der Waals surface area contributed by atoms with Gasteiger partial charge in [-0.1, -0.05) is 30.3 Å². The van der Waals surface area contributed by atoms with Crippen molar-refractivity contribution < 1.29 is 9.90 Å². The minimum absolute atomic E-state index is 0. The van der Waals surface area contributed by atoms with Gasteiger partial charge in [-0.25, -0.2) is 0 Å². The average Bonchev–Trinajstić information content (AvgIpc) is 2.15. The van der Waals surface area contributed by atoms with Crippen LogP contribution in [0, 0.1) is 0 Å². The Morgan fingerprint density at radius 2 is 1.93 bits per heavy atom. The molecule has 0 spiro atoms. The highest BCUT2D eigenvalue weighted by atomic mass is 35.5. The number of hydrogen-bond donors (Lipinski definition) is 2. The van der Waals surface area contributed by atoms with Gasteiger partial charge in [0, 0.05) is 18.3 Å². The lowest BCUT2D eigenvalue weighted by molar-refractivity contribution is -0.137. The molecule has 0 aliphatic rings. The number of carbonyl (C=O) groups is 1. The number of hydrogen-bond acceptors (Lipinski definition) is 2. The lowest BCUT2D eigenvalue weighted by Crippen LogP contribution is -2.16. The molecule has 1 aromatic rings. The quantitative estimate of drug-likeness (QED) is 0.805. The first-order chi connectivity index (χ1) is 6.24. The summed E-state index contributed by atoms with van der Waals surface area (Å²) in [6.07, 6.45) is 0.0977. The number of rotatable bonds is 4. The van der Waals surface area contributed by atoms with Crippen molar-refractivity contribution in [2.75, 3.05) is 6.54 Å². The Morgan fingerprint density at radius 1 is 1.36 bits per heavy atom. The lowest BCUT2D eigenvalue weighted by Gasteiger charge is -2.11. The number of carboxylic acid groups (broad SMARTS) is 1. The summed E-state index contributed by atoms with van der Waals surface area (Å²) in [5, 5.41) is 8.62. The normalized spacial score (nSPS) is 11.5. The van der Waals surface area contributed by atoms with Crippen molar-refractivity contribution in [3.05, 3.63) is 35.9 Å². The first-order valence-electron chi connectivity index (χ1n) is 4.21. The fourth-order valence-corrected chi connectivity index (χ4v) is 1.27. The molecule has 3 N–H and O–H groups in total. The van der Waals surface area contributed by atoms with Crippen molar-refractivity contribution in [3.63, 3.8) is 0 Å². The van der Waals surface area contributed by atoms with Gasteiger partial charge in [-0.3, -0.25) is 4.79 Å². The largest absolute Gasteiger partial charge is 0.481 e. The molecule has 4 heteroatoms. The van der Waals surface area contributed by atoms with E-state index in [1.54, 1.807) is 0 Å². The van der Waals surface area contributed by atoms with Gasteiger partial charge in [-0.05, 0) is 12.1 Å². The minimum Gasteiger partial charge on any atom is -0.481 e. The van der Waals surface area contributed by atoms with Gasteiger partial charge >= 0.3 is 5.97 Å². The Morgan fingerprint density at radius 3 is 2.36 bits per heavy atom. The van der Waals surface area contributed by atoms with E-state index < -0.39 is 5.97 Å². The predicted octanol–water partition coefficient (Wildman–Crippen LogP) is 1.89. The van der Waals surface area contributed by atoms with Crippen LogP contribution in [0.25, 0.3) is 0 Å². The Kier molecular flexibility index (Phi) is 5.92. The van der Waals surface area contributed by atoms with E-state index in [0.717, 1.165) is 5.56 Å². The smallest absolute Gasteiger partial charge is 0.304 e. The van der Waals surface area contributed by atoms with Crippen molar-refractivity contribution >= 4 is 18.4 Å². The maximum atomic E-state index is 10.5. The van der Waals surface area contributed by atoms with Gasteiger partial charge in [-0.15, -0.1) is 0 Å². The molecule has 1 atom stereocenters. The van der Waals surface area contributed by atoms with Crippen molar-refractivity contribution in [1.29, 1.82) is 0 Å². The summed E-state index contributed by atoms with van der Waals surface area (Å²) >= 11 is 0. The van der Waals surface area contributed by atoms with Gasteiger partial charge in [0.05, 0.1) is 6.42 Å². The summed E-state index contributed by atoms with van der Waals surface area (Å²) in [5.41, 5.74) is 6.48. The minimum atomic E-state index is -0.806. The molecule has 0 bridgehead atoms. The van der Waals surface area contributed by atoms with E-state index in [1.807, 2.05) is 30.3 Å². The van der Waals surface area contributed by atoms with Crippen LogP contribution in [-0.2, 0) is 4.79 Å². The van der Waals surface area contributed by atoms with Gasteiger partial charge in [0.2, 0.25) is 0 Å². The van der Waals surface area contributed by atoms with Gasteiger partial charge in [0.1, 0.15) is 0 Å². The van der Waals surface area contributed by atoms with Crippen LogP contribution in [0.2, 0.25) is 0 Å². The van der Waals surface area contributed by atoms with Crippen LogP contribution in [0.1, 0.15) is 17.9 Å². The molecule has 0 aliphatic carbocycles. The summed E-state index contributed by atoms with van der Waals surface area (Å²) < 4.78 is 0. The number of carboxylic acids is 1. The van der Waals surface area contributed by atoms with Gasteiger partial charge in [0.25, 0.3) is 0 Å². The zero-order chi connectivity index (χ0) is 9.68. The van der Waals surface area contributed by atoms with Gasteiger partial charge in [0.15, 0.2) is 0 Å². The molecule has 3 nitrogen and oxygen atoms in total. The molecule has 14 heavy (non-hydrogen) atoms. The van der Waals surface area contributed by atoms with Crippen LogP contribution in [0.4, 0.5) is 0 Å². The SMILES string of the molecule is NC[C@@H](CC(=O)O)c1ccccc1.[Cl]. The number of aliphatic carboxylic acids is 1. The van der Waals surface area contributed by atoms with E-state index in [2.05, 4.69) is 0 Å². The third-order valence-electron chi connectivity index (χ3n) is 1.98. The van der Waals surface area contributed by atoms with E-state index in [-0.39, 0.29) is 24.7 Å². The molecule has 0 fully saturated rings. The topological polar surface area (TPSA) is 63.3 Å². The molecule has 0 heterocycles. The Hall–Kier alpha value is -1.06. The number of benzene rings is 1. The second-order valence-electron chi connectivity index (χ2n) is 2.94. The maximum Gasteiger partial charge on any atom is 0.304 e. The van der Waals surface area contributed by atoms with Crippen LogP contribution in [0.3, 0.4) is 0 Å². The van der Waals surface area contributed by atoms with Crippen LogP contribution in [0.15, 0.2) is 30.3 Å². The highest BCUT2D eigenvalue weighted by Gasteiger charge is 2.12. The van der Waals surface area contributed by atoms with Gasteiger partial charge in [-0.2, -0.15) is 0 Å². The van der Waals surface area contributed by atoms with E-state index in [1.165, 1.54) is 0 Å². The van der Waals surface area contributed by atoms with E-state index in [0.29, 0.717) is 6.54 Å². The molecule has 0 aromatic heterocycles. The monoisotopic (exact) mass is 214 g/mol. The van der Waals surface area contributed by atoms with E-state index in [4.69, 9.17) is 10.8 Å². The zero-order valence-corrected chi connectivity index (χ0v) is 8.45. The summed E-state index contributed by atoms with van der Waals surface area (Å²) in [4.78, 5) is 10.5. The van der Waals surface area contributed by atoms with E-state index in [9.17, 15) is 4.79 Å². The summed E-state index contributed by atoms with van der Waals surface area (Å²) in [6.45, 7) is 0.371. The molecule has 77 valence electrons. The van der Waals surface area contributed by atoms with Crippen LogP contribution in [-0.4, -0.2) is 17.6 Å². The molecule has 0 saturated carbocycles. The first-order valence-corrected chi connectivity index (χ1v) is 4.21. The van der Waals surface area contributed by atoms with Crippen LogP contribution < -0.4 is 5.73 Å².